The Kier molecular flexibility index (Phi) is 9.71. The highest BCUT2D eigenvalue weighted by molar-refractivity contribution is 7.48. The highest BCUT2D eigenvalue weighted by Crippen LogP contribution is 2.68. The number of nitrogens with two attached hydrogens (primary N) is 1. The van der Waals surface area contributed by atoms with Crippen molar-refractivity contribution < 1.29 is 65.7 Å². The molecule has 222 valence electrons. The lowest BCUT2D eigenvalue weighted by atomic mass is 10.1. The van der Waals surface area contributed by atoms with Crippen LogP contribution in [0.3, 0.4) is 0 Å². The molecule has 0 bridgehead atoms. The minimum absolute atomic E-state index is 0.542. The highest BCUT2D eigenvalue weighted by Gasteiger charge is 2.90. The van der Waals surface area contributed by atoms with E-state index in [1.807, 2.05) is 0 Å². The minimum atomic E-state index is -4.90. The van der Waals surface area contributed by atoms with Crippen molar-refractivity contribution in [3.63, 3.8) is 0 Å². The van der Waals surface area contributed by atoms with Crippen LogP contribution >= 0.6 is 19.4 Å². The SMILES string of the molecule is CC(C)OC(=O)OCOP(=O)(OCOC(=O)OC(C)C)OC1[C@@]2(CCl)O[C@@H](N3C=CC(N)NC3=O)[C@H](F)[C@@]12O. The maximum atomic E-state index is 15.5. The molecular formula is C20H30ClFN3O13P. The van der Waals surface area contributed by atoms with E-state index in [0.717, 1.165) is 4.90 Å². The van der Waals surface area contributed by atoms with Crippen molar-refractivity contribution >= 4 is 37.8 Å². The molecule has 2 aliphatic heterocycles. The third-order valence-corrected chi connectivity index (χ3v) is 7.25. The smallest absolute Gasteiger partial charge is 0.432 e. The van der Waals surface area contributed by atoms with Crippen LogP contribution in [0.15, 0.2) is 12.3 Å². The van der Waals surface area contributed by atoms with E-state index < -0.39 is 93.7 Å². The predicted octanol–water partition coefficient (Wildman–Crippen LogP) is 1.79. The van der Waals surface area contributed by atoms with Crippen LogP contribution in [0.25, 0.3) is 0 Å². The van der Waals surface area contributed by atoms with Gasteiger partial charge in [-0.25, -0.2) is 32.4 Å². The van der Waals surface area contributed by atoms with Gasteiger partial charge in [0.15, 0.2) is 18.0 Å². The molecule has 1 saturated heterocycles. The summed E-state index contributed by atoms with van der Waals surface area (Å²) in [5, 5.41) is 13.5. The van der Waals surface area contributed by atoms with Gasteiger partial charge in [-0.15, -0.1) is 11.6 Å². The van der Waals surface area contributed by atoms with E-state index in [9.17, 15) is 24.1 Å². The lowest BCUT2D eigenvalue weighted by molar-refractivity contribution is -0.102. The summed E-state index contributed by atoms with van der Waals surface area (Å²) < 4.78 is 68.3. The molecule has 1 saturated carbocycles. The van der Waals surface area contributed by atoms with E-state index in [-0.39, 0.29) is 0 Å². The molecule has 3 rings (SSSR count). The fourth-order valence-corrected chi connectivity index (χ4v) is 5.32. The lowest BCUT2D eigenvalue weighted by Gasteiger charge is -2.33. The number of carbonyl (C=O) groups is 3. The number of alkyl halides is 2. The zero-order valence-corrected chi connectivity index (χ0v) is 23.0. The Morgan fingerprint density at radius 1 is 1.21 bits per heavy atom. The summed E-state index contributed by atoms with van der Waals surface area (Å²) in [6, 6.07) is -0.807. The molecule has 2 unspecified atom stereocenters. The number of nitrogens with zero attached hydrogens (tertiary/aromatic N) is 1. The van der Waals surface area contributed by atoms with Crippen LogP contribution in [0, 0.1) is 0 Å². The Hall–Kier alpha value is -2.24. The number of aliphatic hydroxyl groups is 1. The first-order valence-corrected chi connectivity index (χ1v) is 13.6. The van der Waals surface area contributed by atoms with Crippen LogP contribution in [-0.2, 0) is 41.8 Å². The topological polar surface area (TPSA) is 204 Å². The van der Waals surface area contributed by atoms with Crippen molar-refractivity contribution in [2.75, 3.05) is 19.5 Å². The quantitative estimate of drug-likeness (QED) is 0.126. The van der Waals surface area contributed by atoms with E-state index in [2.05, 4.69) is 14.8 Å². The van der Waals surface area contributed by atoms with E-state index >= 15 is 4.39 Å². The van der Waals surface area contributed by atoms with Crippen molar-refractivity contribution in [3.05, 3.63) is 12.3 Å². The van der Waals surface area contributed by atoms with Crippen molar-refractivity contribution in [2.24, 2.45) is 5.73 Å². The second-order valence-electron chi connectivity index (χ2n) is 9.03. The first-order valence-electron chi connectivity index (χ1n) is 11.6. The van der Waals surface area contributed by atoms with Gasteiger partial charge in [0.1, 0.15) is 11.7 Å². The second-order valence-corrected chi connectivity index (χ2v) is 10.9. The summed E-state index contributed by atoms with van der Waals surface area (Å²) >= 11 is 5.99. The molecule has 0 aromatic carbocycles. The van der Waals surface area contributed by atoms with Gasteiger partial charge in [0.05, 0.1) is 24.3 Å². The van der Waals surface area contributed by atoms with Crippen LogP contribution in [-0.4, -0.2) is 95.9 Å². The Labute approximate surface area is 227 Å². The van der Waals surface area contributed by atoms with Crippen molar-refractivity contribution in [1.82, 2.24) is 10.2 Å². The van der Waals surface area contributed by atoms with E-state index in [1.54, 1.807) is 27.7 Å². The number of urea groups is 1. The molecule has 0 aromatic heterocycles. The summed E-state index contributed by atoms with van der Waals surface area (Å²) in [7, 11) is -4.90. The average molecular weight is 606 g/mol. The number of nitrogens with one attached hydrogen (secondary N) is 1. The van der Waals surface area contributed by atoms with E-state index in [4.69, 9.17) is 45.1 Å². The van der Waals surface area contributed by atoms with Gasteiger partial charge in [-0.3, -0.25) is 9.42 Å². The number of fused-ring (bicyclic) bond motifs is 1. The van der Waals surface area contributed by atoms with Gasteiger partial charge in [-0.2, -0.15) is 0 Å². The van der Waals surface area contributed by atoms with Crippen LogP contribution < -0.4 is 11.1 Å². The van der Waals surface area contributed by atoms with Gasteiger partial charge in [0, 0.05) is 6.20 Å². The fourth-order valence-electron chi connectivity index (χ4n) is 3.76. The molecule has 0 aromatic rings. The standard InChI is InChI=1S/C20H30ClFN3O13P/c1-10(2)35-17(27)31-8-33-39(30,34-9-32-18(28)36-11(3)4)38-15-19(7-21)20(15,29)13(22)14(37-19)25-6-5-12(23)24-16(25)26/h5-6,10-15,29H,7-9,23H2,1-4H3,(H,24,26)/t12?,13-,14+,15?,19+,20+/m0/s1. The molecule has 39 heavy (non-hydrogen) atoms. The molecule has 6 atom stereocenters. The number of rotatable bonds is 12. The van der Waals surface area contributed by atoms with Crippen molar-refractivity contribution in [3.8, 4) is 0 Å². The fraction of sp³-hybridized carbons (Fsp3) is 0.750. The zero-order chi connectivity index (χ0) is 29.2. The molecule has 0 radical (unpaired) electrons. The molecule has 19 heteroatoms. The maximum absolute atomic E-state index is 15.5. The third-order valence-electron chi connectivity index (χ3n) is 5.54. The number of hydrogen-bond acceptors (Lipinski definition) is 14. The maximum Gasteiger partial charge on any atom is 0.510 e. The summed E-state index contributed by atoms with van der Waals surface area (Å²) in [6.45, 7) is 4.10. The Morgan fingerprint density at radius 3 is 2.18 bits per heavy atom. The van der Waals surface area contributed by atoms with Crippen molar-refractivity contribution in [1.29, 1.82) is 0 Å². The van der Waals surface area contributed by atoms with Gasteiger partial charge in [-0.1, -0.05) is 0 Å². The number of ether oxygens (including phenoxy) is 5. The Morgan fingerprint density at radius 2 is 1.74 bits per heavy atom. The summed E-state index contributed by atoms with van der Waals surface area (Å²) in [5.41, 5.74) is 1.05. The number of hydrogen-bond donors (Lipinski definition) is 3. The van der Waals surface area contributed by atoms with Gasteiger partial charge in [-0.05, 0) is 33.8 Å². The summed E-state index contributed by atoms with van der Waals surface area (Å²) in [6.07, 6.45) is -7.49. The van der Waals surface area contributed by atoms with Crippen molar-refractivity contribution in [2.45, 2.75) is 75.8 Å². The first kappa shape index (κ1) is 31.3. The number of phosphoric ester groups is 1. The third kappa shape index (κ3) is 6.57. The molecule has 1 aliphatic carbocycles. The predicted molar refractivity (Wildman–Crippen MR) is 125 cm³/mol. The molecule has 2 heterocycles. The van der Waals surface area contributed by atoms with E-state index in [0.29, 0.717) is 0 Å². The summed E-state index contributed by atoms with van der Waals surface area (Å²) in [5.74, 6) is -0.585. The molecule has 2 fully saturated rings. The monoisotopic (exact) mass is 605 g/mol. The Bertz CT molecular complexity index is 985. The zero-order valence-electron chi connectivity index (χ0n) is 21.3. The van der Waals surface area contributed by atoms with Crippen LogP contribution in [0.5, 0.6) is 0 Å². The summed E-state index contributed by atoms with van der Waals surface area (Å²) in [4.78, 5) is 36.3. The Balaban J connectivity index is 1.72. The van der Waals surface area contributed by atoms with Gasteiger partial charge in [0.25, 0.3) is 0 Å². The molecule has 0 spiro atoms. The molecular weight excluding hydrogens is 576 g/mol. The molecule has 4 N–H and O–H groups in total. The molecule has 16 nitrogen and oxygen atoms in total. The number of amides is 2. The van der Waals surface area contributed by atoms with Crippen LogP contribution in [0.2, 0.25) is 0 Å². The largest absolute Gasteiger partial charge is 0.510 e. The average Bonchev–Trinajstić information content (AvgIpc) is 3.21. The number of halogens is 2. The second kappa shape index (κ2) is 12.1. The molecule has 2 amide bonds. The highest BCUT2D eigenvalue weighted by atomic mass is 35.5. The first-order chi connectivity index (χ1) is 18.2. The van der Waals surface area contributed by atoms with Gasteiger partial charge < -0.3 is 39.8 Å². The normalized spacial score (nSPS) is 31.6. The van der Waals surface area contributed by atoms with Gasteiger partial charge in [0.2, 0.25) is 13.6 Å². The minimum Gasteiger partial charge on any atom is -0.432 e. The molecule has 3 aliphatic rings. The van der Waals surface area contributed by atoms with Crippen LogP contribution in [0.1, 0.15) is 27.7 Å². The lowest BCUT2D eigenvalue weighted by Crippen LogP contribution is -2.56. The number of phosphoric acid groups is 1. The van der Waals surface area contributed by atoms with Gasteiger partial charge >= 0.3 is 26.2 Å². The van der Waals surface area contributed by atoms with E-state index in [1.165, 1.54) is 12.3 Å². The number of carbonyl (C=O) groups excluding carboxylic acids is 3. The van der Waals surface area contributed by atoms with Crippen LogP contribution in [0.4, 0.5) is 18.8 Å².